The van der Waals surface area contributed by atoms with Gasteiger partial charge >= 0.3 is 0 Å². The number of piperazine rings is 1. The van der Waals surface area contributed by atoms with E-state index in [4.69, 9.17) is 14.2 Å². The van der Waals surface area contributed by atoms with Gasteiger partial charge in [0.2, 0.25) is 10.0 Å². The van der Waals surface area contributed by atoms with E-state index in [0.717, 1.165) is 11.3 Å². The van der Waals surface area contributed by atoms with Crippen LogP contribution < -0.4 is 14.2 Å². The van der Waals surface area contributed by atoms with E-state index in [1.165, 1.54) is 16.4 Å². The molecule has 10 nitrogen and oxygen atoms in total. The Morgan fingerprint density at radius 1 is 0.971 bits per heavy atom. The fraction of sp³-hybridized carbons (Fsp3) is 0.333. The lowest BCUT2D eigenvalue weighted by Gasteiger charge is -2.33. The largest absolute Gasteiger partial charge is 0.494 e. The van der Waals surface area contributed by atoms with Crippen LogP contribution in [0.5, 0.6) is 17.2 Å². The first kappa shape index (κ1) is 23.2. The van der Waals surface area contributed by atoms with Crippen LogP contribution in [0, 0.1) is 6.92 Å². The first-order chi connectivity index (χ1) is 16.9. The Kier molecular flexibility index (Phi) is 6.12. The number of hydrogen-bond acceptors (Lipinski definition) is 7. The lowest BCUT2D eigenvalue weighted by atomic mass is 10.2. The Bertz CT molecular complexity index is 1360. The maximum absolute atomic E-state index is 13.2. The number of fused-ring (bicyclic) bond motifs is 1. The van der Waals surface area contributed by atoms with Crippen LogP contribution >= 0.6 is 0 Å². The SMILES string of the molecule is COc1ccc(C)cc1-n1ccc(C(=O)N2CCN(S(=O)(=O)c3ccc4c(c3)OCCO4)CC2)n1. The van der Waals surface area contributed by atoms with E-state index in [0.29, 0.717) is 30.5 Å². The van der Waals surface area contributed by atoms with Crippen LogP contribution in [-0.4, -0.2) is 79.8 Å². The third-order valence-electron chi connectivity index (χ3n) is 6.07. The van der Waals surface area contributed by atoms with Gasteiger partial charge in [-0.15, -0.1) is 0 Å². The number of carbonyl (C=O) groups excluding carboxylic acids is 1. The Morgan fingerprint density at radius 3 is 2.46 bits per heavy atom. The van der Waals surface area contributed by atoms with E-state index in [9.17, 15) is 13.2 Å². The van der Waals surface area contributed by atoms with Gasteiger partial charge in [-0.3, -0.25) is 4.79 Å². The molecule has 0 saturated carbocycles. The third kappa shape index (κ3) is 4.44. The van der Waals surface area contributed by atoms with Gasteiger partial charge in [-0.25, -0.2) is 13.1 Å². The minimum Gasteiger partial charge on any atom is -0.494 e. The van der Waals surface area contributed by atoms with Crippen molar-refractivity contribution < 1.29 is 27.4 Å². The number of benzene rings is 2. The molecule has 0 atom stereocenters. The van der Waals surface area contributed by atoms with Gasteiger partial charge in [0.05, 0.1) is 12.0 Å². The highest BCUT2D eigenvalue weighted by Crippen LogP contribution is 2.33. The minimum absolute atomic E-state index is 0.146. The van der Waals surface area contributed by atoms with Crippen molar-refractivity contribution in [2.24, 2.45) is 0 Å². The molecule has 0 spiro atoms. The average molecular weight is 499 g/mol. The maximum Gasteiger partial charge on any atom is 0.274 e. The van der Waals surface area contributed by atoms with Gasteiger partial charge < -0.3 is 19.1 Å². The molecule has 5 rings (SSSR count). The second kappa shape index (κ2) is 9.23. The Balaban J connectivity index is 1.27. The highest BCUT2D eigenvalue weighted by Gasteiger charge is 2.32. The van der Waals surface area contributed by atoms with Crippen molar-refractivity contribution in [1.82, 2.24) is 19.0 Å². The van der Waals surface area contributed by atoms with Crippen molar-refractivity contribution in [3.63, 3.8) is 0 Å². The minimum atomic E-state index is -3.73. The molecule has 0 N–H and O–H groups in total. The number of rotatable bonds is 5. The highest BCUT2D eigenvalue weighted by molar-refractivity contribution is 7.89. The van der Waals surface area contributed by atoms with Crippen LogP contribution in [0.1, 0.15) is 16.1 Å². The molecule has 2 aromatic carbocycles. The summed E-state index contributed by atoms with van der Waals surface area (Å²) < 4.78 is 45.7. The topological polar surface area (TPSA) is 103 Å². The van der Waals surface area contributed by atoms with Crippen LogP contribution in [0.4, 0.5) is 0 Å². The number of hydrogen-bond donors (Lipinski definition) is 0. The van der Waals surface area contributed by atoms with E-state index < -0.39 is 10.0 Å². The summed E-state index contributed by atoms with van der Waals surface area (Å²) in [5.74, 6) is 1.36. The first-order valence-corrected chi connectivity index (χ1v) is 12.7. The molecule has 0 unspecified atom stereocenters. The molecule has 3 heterocycles. The number of amides is 1. The summed E-state index contributed by atoms with van der Waals surface area (Å²) in [6.07, 6.45) is 1.72. The standard InChI is InChI=1S/C24H26N4O6S/c1-17-3-5-21(32-2)20(15-17)28-8-7-19(25-28)24(29)26-9-11-27(12-10-26)35(30,31)18-4-6-22-23(16-18)34-14-13-33-22/h3-8,15-16H,9-14H2,1-2H3. The van der Waals surface area contributed by atoms with E-state index in [1.54, 1.807) is 35.0 Å². The number of aryl methyl sites for hydroxylation is 1. The molecule has 3 aromatic rings. The summed E-state index contributed by atoms with van der Waals surface area (Å²) in [4.78, 5) is 14.8. The molecule has 2 aliphatic heterocycles. The van der Waals surface area contributed by atoms with Crippen LogP contribution in [0.2, 0.25) is 0 Å². The predicted octanol–water partition coefficient (Wildman–Crippen LogP) is 2.11. The van der Waals surface area contributed by atoms with E-state index in [2.05, 4.69) is 5.10 Å². The van der Waals surface area contributed by atoms with Crippen LogP contribution in [0.15, 0.2) is 53.6 Å². The normalized spacial score (nSPS) is 16.2. The molecule has 35 heavy (non-hydrogen) atoms. The van der Waals surface area contributed by atoms with Crippen LogP contribution in [0.25, 0.3) is 5.69 Å². The van der Waals surface area contributed by atoms with Crippen molar-refractivity contribution in [3.05, 3.63) is 59.9 Å². The van der Waals surface area contributed by atoms with Gasteiger partial charge in [-0.1, -0.05) is 6.07 Å². The van der Waals surface area contributed by atoms with E-state index in [1.807, 2.05) is 25.1 Å². The summed E-state index contributed by atoms with van der Waals surface area (Å²) in [5, 5.41) is 4.45. The average Bonchev–Trinajstić information content (AvgIpc) is 3.38. The summed E-state index contributed by atoms with van der Waals surface area (Å²) in [6.45, 7) is 3.70. The van der Waals surface area contributed by atoms with Crippen molar-refractivity contribution in [2.45, 2.75) is 11.8 Å². The number of ether oxygens (including phenoxy) is 3. The molecule has 1 aromatic heterocycles. The molecule has 1 fully saturated rings. The number of aromatic nitrogens is 2. The van der Waals surface area contributed by atoms with Gasteiger partial charge in [0.1, 0.15) is 24.7 Å². The first-order valence-electron chi connectivity index (χ1n) is 11.3. The molecule has 0 radical (unpaired) electrons. The Labute approximate surface area is 203 Å². The molecule has 1 amide bonds. The van der Waals surface area contributed by atoms with Crippen molar-refractivity contribution in [3.8, 4) is 22.9 Å². The van der Waals surface area contributed by atoms with Crippen LogP contribution in [0.3, 0.4) is 0 Å². The molecule has 11 heteroatoms. The highest BCUT2D eigenvalue weighted by atomic mass is 32.2. The summed E-state index contributed by atoms with van der Waals surface area (Å²) in [5.41, 5.74) is 2.07. The van der Waals surface area contributed by atoms with E-state index in [-0.39, 0.29) is 42.7 Å². The van der Waals surface area contributed by atoms with Gasteiger partial charge in [0, 0.05) is 38.4 Å². The lowest BCUT2D eigenvalue weighted by Crippen LogP contribution is -2.50. The zero-order chi connectivity index (χ0) is 24.6. The third-order valence-corrected chi connectivity index (χ3v) is 7.96. The fourth-order valence-corrected chi connectivity index (χ4v) is 5.62. The maximum atomic E-state index is 13.2. The van der Waals surface area contributed by atoms with Crippen LogP contribution in [-0.2, 0) is 10.0 Å². The predicted molar refractivity (Wildman–Crippen MR) is 127 cm³/mol. The van der Waals surface area contributed by atoms with Gasteiger partial charge in [-0.2, -0.15) is 9.40 Å². The molecular weight excluding hydrogens is 472 g/mol. The van der Waals surface area contributed by atoms with E-state index >= 15 is 0 Å². The summed E-state index contributed by atoms with van der Waals surface area (Å²) in [6, 6.07) is 12.0. The summed E-state index contributed by atoms with van der Waals surface area (Å²) >= 11 is 0. The van der Waals surface area contributed by atoms with Crippen molar-refractivity contribution in [2.75, 3.05) is 46.5 Å². The zero-order valence-corrected chi connectivity index (χ0v) is 20.3. The summed E-state index contributed by atoms with van der Waals surface area (Å²) in [7, 11) is -2.14. The number of sulfonamides is 1. The second-order valence-electron chi connectivity index (χ2n) is 8.32. The number of nitrogens with zero attached hydrogens (tertiary/aromatic N) is 4. The molecule has 0 aliphatic carbocycles. The lowest BCUT2D eigenvalue weighted by molar-refractivity contribution is 0.0691. The zero-order valence-electron chi connectivity index (χ0n) is 19.5. The fourth-order valence-electron chi connectivity index (χ4n) is 4.18. The quantitative estimate of drug-likeness (QED) is 0.531. The molecular formula is C24H26N4O6S. The molecule has 184 valence electrons. The smallest absolute Gasteiger partial charge is 0.274 e. The van der Waals surface area contributed by atoms with Crippen molar-refractivity contribution in [1.29, 1.82) is 0 Å². The monoisotopic (exact) mass is 498 g/mol. The van der Waals surface area contributed by atoms with Crippen molar-refractivity contribution >= 4 is 15.9 Å². The second-order valence-corrected chi connectivity index (χ2v) is 10.3. The number of methoxy groups -OCH3 is 1. The molecule has 2 aliphatic rings. The molecule has 0 bridgehead atoms. The molecule has 1 saturated heterocycles. The van der Waals surface area contributed by atoms with Gasteiger partial charge in [0.25, 0.3) is 5.91 Å². The van der Waals surface area contributed by atoms with Gasteiger partial charge in [-0.05, 0) is 42.8 Å². The Hall–Kier alpha value is -3.57. The Morgan fingerprint density at radius 2 is 1.71 bits per heavy atom. The van der Waals surface area contributed by atoms with Gasteiger partial charge in [0.15, 0.2) is 17.2 Å². The number of carbonyl (C=O) groups is 1.